The minimum atomic E-state index is -1.57. The van der Waals surface area contributed by atoms with E-state index in [0.717, 1.165) is 5.56 Å². The quantitative estimate of drug-likeness (QED) is 0.215. The highest BCUT2D eigenvalue weighted by molar-refractivity contribution is 6.32. The van der Waals surface area contributed by atoms with Crippen LogP contribution >= 0.6 is 11.6 Å². The molecule has 1 spiro atoms. The van der Waals surface area contributed by atoms with E-state index in [1.54, 1.807) is 36.4 Å². The molecule has 4 aromatic carbocycles. The van der Waals surface area contributed by atoms with Crippen LogP contribution in [-0.4, -0.2) is 29.4 Å². The third kappa shape index (κ3) is 3.20. The number of anilines is 1. The average molecular weight is 534 g/mol. The van der Waals surface area contributed by atoms with Crippen molar-refractivity contribution in [1.29, 1.82) is 0 Å². The summed E-state index contributed by atoms with van der Waals surface area (Å²) in [6, 6.07) is 25.3. The number of Topliss-reactive ketones (excluding diaryl/α,β-unsaturated/α-hetero) is 3. The molecule has 2 heterocycles. The van der Waals surface area contributed by atoms with E-state index in [4.69, 9.17) is 11.6 Å². The zero-order chi connectivity index (χ0) is 26.9. The van der Waals surface area contributed by atoms with Crippen LogP contribution in [0.3, 0.4) is 0 Å². The van der Waals surface area contributed by atoms with Gasteiger partial charge in [-0.2, -0.15) is 0 Å². The van der Waals surface area contributed by atoms with Gasteiger partial charge in [-0.15, -0.1) is 0 Å². The number of hydrogen-bond acceptors (Lipinski definition) is 4. The van der Waals surface area contributed by atoms with E-state index in [2.05, 4.69) is 0 Å². The van der Waals surface area contributed by atoms with E-state index in [1.807, 2.05) is 53.5 Å². The van der Waals surface area contributed by atoms with Crippen molar-refractivity contribution in [2.24, 2.45) is 5.41 Å². The molecule has 1 fully saturated rings. The lowest BCUT2D eigenvalue weighted by molar-refractivity contribution is 0.0666. The molecule has 39 heavy (non-hydrogen) atoms. The Kier molecular flexibility index (Phi) is 5.23. The van der Waals surface area contributed by atoms with Gasteiger partial charge in [0, 0.05) is 33.3 Å². The molecule has 0 saturated carbocycles. The van der Waals surface area contributed by atoms with Crippen LogP contribution in [0.4, 0.5) is 10.1 Å². The summed E-state index contributed by atoms with van der Waals surface area (Å²) in [5.74, 6) is -2.13. The fourth-order valence-electron chi connectivity index (χ4n) is 6.77. The first kappa shape index (κ1) is 23.7. The number of benzene rings is 4. The molecule has 2 aliphatic heterocycles. The van der Waals surface area contributed by atoms with Gasteiger partial charge in [0.15, 0.2) is 17.3 Å². The highest BCUT2D eigenvalue weighted by atomic mass is 35.5. The third-order valence-corrected chi connectivity index (χ3v) is 8.56. The van der Waals surface area contributed by atoms with Crippen LogP contribution < -0.4 is 4.90 Å². The zero-order valence-corrected chi connectivity index (χ0v) is 21.3. The molecule has 3 aliphatic rings. The fraction of sp³-hybridized carbons (Fsp3) is 0.121. The van der Waals surface area contributed by atoms with E-state index < -0.39 is 29.2 Å². The number of halogens is 2. The van der Waals surface area contributed by atoms with E-state index in [9.17, 15) is 18.8 Å². The second kappa shape index (κ2) is 8.58. The van der Waals surface area contributed by atoms with E-state index in [0.29, 0.717) is 33.0 Å². The Labute approximate surface area is 229 Å². The van der Waals surface area contributed by atoms with Crippen molar-refractivity contribution < 1.29 is 18.8 Å². The lowest BCUT2D eigenvalue weighted by atomic mass is 9.64. The van der Waals surface area contributed by atoms with E-state index in [1.165, 1.54) is 24.3 Å². The Morgan fingerprint density at radius 1 is 0.821 bits per heavy atom. The molecule has 1 saturated heterocycles. The second-order valence-electron chi connectivity index (χ2n) is 10.2. The maximum Gasteiger partial charge on any atom is 0.185 e. The van der Waals surface area contributed by atoms with Gasteiger partial charge >= 0.3 is 0 Å². The molecule has 0 aromatic heterocycles. The maximum absolute atomic E-state index is 14.5. The van der Waals surface area contributed by atoms with Crippen molar-refractivity contribution in [2.75, 3.05) is 4.90 Å². The Bertz CT molecular complexity index is 1680. The SMILES string of the molecule is O=C(c1ccc(F)cc1)[C@@H]1[C@@H](c2ccccc2)C2(C(=O)c3ccccc3C2=O)[C@H]2C=Cc3cc(Cl)ccc3N12. The summed E-state index contributed by atoms with van der Waals surface area (Å²) >= 11 is 6.32. The zero-order valence-electron chi connectivity index (χ0n) is 20.6. The van der Waals surface area contributed by atoms with Crippen LogP contribution in [0.5, 0.6) is 0 Å². The monoisotopic (exact) mass is 533 g/mol. The van der Waals surface area contributed by atoms with E-state index >= 15 is 0 Å². The Morgan fingerprint density at radius 2 is 1.46 bits per heavy atom. The molecule has 0 bridgehead atoms. The number of hydrogen-bond donors (Lipinski definition) is 0. The van der Waals surface area contributed by atoms with Crippen LogP contribution in [0.1, 0.15) is 48.1 Å². The molecule has 4 nitrogen and oxygen atoms in total. The lowest BCUT2D eigenvalue weighted by Crippen LogP contribution is -2.48. The molecule has 1 aliphatic carbocycles. The molecule has 0 N–H and O–H groups in total. The van der Waals surface area contributed by atoms with Crippen molar-refractivity contribution in [3.63, 3.8) is 0 Å². The largest absolute Gasteiger partial charge is 0.352 e. The molecule has 3 atom stereocenters. The number of ketones is 3. The van der Waals surface area contributed by atoms with Crippen molar-refractivity contribution in [1.82, 2.24) is 0 Å². The van der Waals surface area contributed by atoms with Crippen LogP contribution in [0.15, 0.2) is 103 Å². The predicted octanol–water partition coefficient (Wildman–Crippen LogP) is 6.80. The van der Waals surface area contributed by atoms with Crippen molar-refractivity contribution in [3.05, 3.63) is 142 Å². The number of carbonyl (C=O) groups is 3. The van der Waals surface area contributed by atoms with Gasteiger partial charge in [0.1, 0.15) is 17.3 Å². The van der Waals surface area contributed by atoms with Crippen molar-refractivity contribution in [2.45, 2.75) is 18.0 Å². The summed E-state index contributed by atoms with van der Waals surface area (Å²) in [5.41, 5.74) is 1.68. The first-order valence-electron chi connectivity index (χ1n) is 12.7. The Balaban J connectivity index is 1.54. The summed E-state index contributed by atoms with van der Waals surface area (Å²) < 4.78 is 13.8. The predicted molar refractivity (Wildman–Crippen MR) is 148 cm³/mol. The van der Waals surface area contributed by atoms with Crippen LogP contribution in [0, 0.1) is 11.2 Å². The van der Waals surface area contributed by atoms with Gasteiger partial charge in [0.2, 0.25) is 0 Å². The molecule has 6 heteroatoms. The summed E-state index contributed by atoms with van der Waals surface area (Å²) in [4.78, 5) is 45.4. The standard InChI is InChI=1S/C33H21ClFNO3/c34-22-13-16-26-21(18-22)12-17-27-33(31(38)24-8-4-5-9-25(24)32(33)39)28(19-6-2-1-3-7-19)29(36(26)27)30(37)20-10-14-23(35)15-11-20/h1-18,27-29H/t27-,28-,29+/m1/s1. The molecule has 0 unspecified atom stereocenters. The first-order valence-corrected chi connectivity index (χ1v) is 13.1. The maximum atomic E-state index is 14.5. The summed E-state index contributed by atoms with van der Waals surface area (Å²) in [7, 11) is 0. The molecule has 0 amide bonds. The third-order valence-electron chi connectivity index (χ3n) is 8.32. The van der Waals surface area contributed by atoms with Gasteiger partial charge in [0.05, 0.1) is 6.04 Å². The molecular weight excluding hydrogens is 513 g/mol. The second-order valence-corrected chi connectivity index (χ2v) is 10.6. The van der Waals surface area contributed by atoms with E-state index in [-0.39, 0.29) is 17.3 Å². The minimum Gasteiger partial charge on any atom is -0.352 e. The van der Waals surface area contributed by atoms with Crippen molar-refractivity contribution >= 4 is 40.7 Å². The minimum absolute atomic E-state index is 0.288. The molecule has 7 rings (SSSR count). The van der Waals surface area contributed by atoms with Gasteiger partial charge in [0.25, 0.3) is 0 Å². The first-order chi connectivity index (χ1) is 18.9. The fourth-order valence-corrected chi connectivity index (χ4v) is 6.95. The highest BCUT2D eigenvalue weighted by Crippen LogP contribution is 2.61. The molecule has 4 aromatic rings. The number of rotatable bonds is 3. The summed E-state index contributed by atoms with van der Waals surface area (Å²) in [5, 5.41) is 0.534. The Hall–Kier alpha value is -4.35. The van der Waals surface area contributed by atoms with Gasteiger partial charge in [-0.1, -0.05) is 78.4 Å². The number of nitrogens with zero attached hydrogens (tertiary/aromatic N) is 1. The average Bonchev–Trinajstić information content (AvgIpc) is 3.39. The lowest BCUT2D eigenvalue weighted by Gasteiger charge is -2.37. The Morgan fingerprint density at radius 3 is 2.13 bits per heavy atom. The normalized spacial score (nSPS) is 22.1. The van der Waals surface area contributed by atoms with Gasteiger partial charge < -0.3 is 4.90 Å². The number of fused-ring (bicyclic) bond motifs is 5. The molecule has 0 radical (unpaired) electrons. The smallest absolute Gasteiger partial charge is 0.185 e. The van der Waals surface area contributed by atoms with Gasteiger partial charge in [-0.25, -0.2) is 4.39 Å². The molecular formula is C33H21ClFNO3. The van der Waals surface area contributed by atoms with Crippen LogP contribution in [0.2, 0.25) is 5.02 Å². The summed E-state index contributed by atoms with van der Waals surface area (Å²) in [6.07, 6.45) is 3.73. The van der Waals surface area contributed by atoms with Crippen LogP contribution in [-0.2, 0) is 0 Å². The van der Waals surface area contributed by atoms with Crippen molar-refractivity contribution in [3.8, 4) is 0 Å². The highest BCUT2D eigenvalue weighted by Gasteiger charge is 2.71. The summed E-state index contributed by atoms with van der Waals surface area (Å²) in [6.45, 7) is 0. The topological polar surface area (TPSA) is 54.5 Å². The van der Waals surface area contributed by atoms with Gasteiger partial charge in [-0.3, -0.25) is 14.4 Å². The van der Waals surface area contributed by atoms with Gasteiger partial charge in [-0.05, 0) is 53.6 Å². The van der Waals surface area contributed by atoms with Crippen LogP contribution in [0.25, 0.3) is 6.08 Å². The molecule has 190 valence electrons. The number of carbonyl (C=O) groups excluding carboxylic acids is 3.